The molecule has 3 heteroatoms. The highest BCUT2D eigenvalue weighted by atomic mass is 15.2. The third kappa shape index (κ3) is 5.30. The summed E-state index contributed by atoms with van der Waals surface area (Å²) in [6.07, 6.45) is 8.01. The van der Waals surface area contributed by atoms with Crippen LogP contribution in [0.4, 0.5) is 0 Å². The smallest absolute Gasteiger partial charge is 0.0237 e. The Morgan fingerprint density at radius 3 is 2.46 bits per heavy atom. The standard InChI is InChI=1S/C21H35N3/c1-2-19-8-10-20(11-9-19)18-24(21-7-6-12-22-17-21)16-15-23-13-4-3-5-14-23/h8-11,21-22H,2-7,12-18H2,1H3. The van der Waals surface area contributed by atoms with Crippen LogP contribution in [0.1, 0.15) is 50.2 Å². The van der Waals surface area contributed by atoms with Crippen LogP contribution in [0.15, 0.2) is 24.3 Å². The fourth-order valence-electron chi connectivity index (χ4n) is 4.10. The molecule has 3 nitrogen and oxygen atoms in total. The molecule has 0 spiro atoms. The van der Waals surface area contributed by atoms with E-state index in [0.717, 1.165) is 19.5 Å². The largest absolute Gasteiger partial charge is 0.315 e. The predicted molar refractivity (Wildman–Crippen MR) is 102 cm³/mol. The summed E-state index contributed by atoms with van der Waals surface area (Å²) >= 11 is 0. The minimum absolute atomic E-state index is 0.703. The molecule has 1 N–H and O–H groups in total. The van der Waals surface area contributed by atoms with E-state index in [2.05, 4.69) is 46.3 Å². The average molecular weight is 330 g/mol. The van der Waals surface area contributed by atoms with Gasteiger partial charge in [-0.1, -0.05) is 37.6 Å². The topological polar surface area (TPSA) is 18.5 Å². The zero-order valence-corrected chi connectivity index (χ0v) is 15.5. The minimum atomic E-state index is 0.703. The van der Waals surface area contributed by atoms with Crippen LogP contribution < -0.4 is 5.32 Å². The molecular formula is C21H35N3. The van der Waals surface area contributed by atoms with E-state index < -0.39 is 0 Å². The van der Waals surface area contributed by atoms with Crippen LogP contribution in [0.2, 0.25) is 0 Å². The number of piperidine rings is 2. The Morgan fingerprint density at radius 2 is 1.79 bits per heavy atom. The van der Waals surface area contributed by atoms with E-state index in [4.69, 9.17) is 0 Å². The van der Waals surface area contributed by atoms with E-state index in [-0.39, 0.29) is 0 Å². The van der Waals surface area contributed by atoms with Crippen LogP contribution in [-0.2, 0) is 13.0 Å². The molecule has 0 aliphatic carbocycles. The number of hydrogen-bond donors (Lipinski definition) is 1. The van der Waals surface area contributed by atoms with Crippen LogP contribution in [-0.4, -0.2) is 55.1 Å². The van der Waals surface area contributed by atoms with Gasteiger partial charge in [0, 0.05) is 32.2 Å². The van der Waals surface area contributed by atoms with Gasteiger partial charge in [-0.2, -0.15) is 0 Å². The third-order valence-electron chi connectivity index (χ3n) is 5.76. The summed E-state index contributed by atoms with van der Waals surface area (Å²) in [7, 11) is 0. The molecule has 3 rings (SSSR count). The second kappa shape index (κ2) is 9.55. The van der Waals surface area contributed by atoms with Crippen LogP contribution in [0.25, 0.3) is 0 Å². The molecule has 0 radical (unpaired) electrons. The van der Waals surface area contributed by atoms with Gasteiger partial charge in [-0.3, -0.25) is 4.90 Å². The molecule has 0 amide bonds. The SMILES string of the molecule is CCc1ccc(CN(CCN2CCCCC2)C2CCCNC2)cc1. The summed E-state index contributed by atoms with van der Waals surface area (Å²) < 4.78 is 0. The molecule has 134 valence electrons. The lowest BCUT2D eigenvalue weighted by molar-refractivity contribution is 0.125. The average Bonchev–Trinajstić information content (AvgIpc) is 2.67. The molecule has 0 saturated carbocycles. The lowest BCUT2D eigenvalue weighted by atomic mass is 10.0. The van der Waals surface area contributed by atoms with E-state index >= 15 is 0 Å². The third-order valence-corrected chi connectivity index (χ3v) is 5.76. The summed E-state index contributed by atoms with van der Waals surface area (Å²) in [5.41, 5.74) is 2.91. The molecule has 1 aromatic carbocycles. The molecule has 2 aliphatic heterocycles. The van der Waals surface area contributed by atoms with Crippen molar-refractivity contribution in [1.82, 2.24) is 15.1 Å². The van der Waals surface area contributed by atoms with Crippen LogP contribution in [0, 0.1) is 0 Å². The predicted octanol–water partition coefficient (Wildman–Crippen LogP) is 3.29. The van der Waals surface area contributed by atoms with Crippen LogP contribution >= 0.6 is 0 Å². The molecular weight excluding hydrogens is 294 g/mol. The quantitative estimate of drug-likeness (QED) is 0.828. The lowest BCUT2D eigenvalue weighted by Gasteiger charge is -2.37. The molecule has 2 fully saturated rings. The number of hydrogen-bond acceptors (Lipinski definition) is 3. The normalized spacial score (nSPS) is 22.8. The van der Waals surface area contributed by atoms with E-state index in [0.29, 0.717) is 6.04 Å². The second-order valence-corrected chi connectivity index (χ2v) is 7.54. The van der Waals surface area contributed by atoms with Crippen molar-refractivity contribution in [2.45, 2.75) is 58.0 Å². The Balaban J connectivity index is 1.59. The van der Waals surface area contributed by atoms with Crippen LogP contribution in [0.3, 0.4) is 0 Å². The van der Waals surface area contributed by atoms with Gasteiger partial charge in [-0.15, -0.1) is 0 Å². The first kappa shape index (κ1) is 17.9. The van der Waals surface area contributed by atoms with Gasteiger partial charge in [-0.05, 0) is 62.9 Å². The van der Waals surface area contributed by atoms with Gasteiger partial charge >= 0.3 is 0 Å². The molecule has 1 unspecified atom stereocenters. The van der Waals surface area contributed by atoms with Crippen molar-refractivity contribution >= 4 is 0 Å². The second-order valence-electron chi connectivity index (χ2n) is 7.54. The van der Waals surface area contributed by atoms with Crippen LogP contribution in [0.5, 0.6) is 0 Å². The van der Waals surface area contributed by atoms with Crippen molar-refractivity contribution in [3.8, 4) is 0 Å². The number of rotatable bonds is 7. The number of aryl methyl sites for hydroxylation is 1. The first-order valence-electron chi connectivity index (χ1n) is 10.1. The maximum absolute atomic E-state index is 3.60. The fourth-order valence-corrected chi connectivity index (χ4v) is 4.10. The Morgan fingerprint density at radius 1 is 1.04 bits per heavy atom. The highest BCUT2D eigenvalue weighted by molar-refractivity contribution is 5.22. The first-order valence-corrected chi connectivity index (χ1v) is 10.1. The highest BCUT2D eigenvalue weighted by Gasteiger charge is 2.22. The summed E-state index contributed by atoms with van der Waals surface area (Å²) in [4.78, 5) is 5.41. The number of nitrogens with one attached hydrogen (secondary N) is 1. The van der Waals surface area contributed by atoms with Gasteiger partial charge in [0.05, 0.1) is 0 Å². The van der Waals surface area contributed by atoms with Gasteiger partial charge in [0.15, 0.2) is 0 Å². The van der Waals surface area contributed by atoms with Gasteiger partial charge in [-0.25, -0.2) is 0 Å². The monoisotopic (exact) mass is 329 g/mol. The van der Waals surface area contributed by atoms with Gasteiger partial charge < -0.3 is 10.2 Å². The Hall–Kier alpha value is -0.900. The molecule has 2 aliphatic rings. The molecule has 0 aromatic heterocycles. The molecule has 24 heavy (non-hydrogen) atoms. The fraction of sp³-hybridized carbons (Fsp3) is 0.714. The van der Waals surface area contributed by atoms with Gasteiger partial charge in [0.2, 0.25) is 0 Å². The van der Waals surface area contributed by atoms with E-state index in [9.17, 15) is 0 Å². The van der Waals surface area contributed by atoms with E-state index in [1.165, 1.54) is 76.0 Å². The zero-order chi connectivity index (χ0) is 16.6. The van der Waals surface area contributed by atoms with Crippen molar-refractivity contribution in [3.63, 3.8) is 0 Å². The van der Waals surface area contributed by atoms with Crippen molar-refractivity contribution < 1.29 is 0 Å². The summed E-state index contributed by atoms with van der Waals surface area (Å²) in [5.74, 6) is 0. The lowest BCUT2D eigenvalue weighted by Crippen LogP contribution is -2.48. The highest BCUT2D eigenvalue weighted by Crippen LogP contribution is 2.16. The van der Waals surface area contributed by atoms with Crippen molar-refractivity contribution in [3.05, 3.63) is 35.4 Å². The Kier molecular flexibility index (Phi) is 7.13. The van der Waals surface area contributed by atoms with Crippen molar-refractivity contribution in [2.24, 2.45) is 0 Å². The number of likely N-dealkylation sites (tertiary alicyclic amines) is 1. The molecule has 1 aromatic rings. The first-order chi connectivity index (χ1) is 11.8. The van der Waals surface area contributed by atoms with Gasteiger partial charge in [0.25, 0.3) is 0 Å². The van der Waals surface area contributed by atoms with Crippen molar-refractivity contribution in [2.75, 3.05) is 39.3 Å². The summed E-state index contributed by atoms with van der Waals surface area (Å²) in [6.45, 7) is 10.8. The maximum atomic E-state index is 3.60. The number of nitrogens with zero attached hydrogens (tertiary/aromatic N) is 2. The molecule has 2 heterocycles. The zero-order valence-electron chi connectivity index (χ0n) is 15.5. The molecule has 0 bridgehead atoms. The minimum Gasteiger partial charge on any atom is -0.315 e. The summed E-state index contributed by atoms with van der Waals surface area (Å²) in [5, 5.41) is 3.60. The van der Waals surface area contributed by atoms with E-state index in [1.54, 1.807) is 0 Å². The molecule has 2 saturated heterocycles. The Bertz CT molecular complexity index is 458. The van der Waals surface area contributed by atoms with E-state index in [1.807, 2.05) is 0 Å². The van der Waals surface area contributed by atoms with Gasteiger partial charge in [0.1, 0.15) is 0 Å². The summed E-state index contributed by atoms with van der Waals surface area (Å²) in [6, 6.07) is 9.98. The van der Waals surface area contributed by atoms with Crippen molar-refractivity contribution in [1.29, 1.82) is 0 Å². The molecule has 1 atom stereocenters. The number of benzene rings is 1. The Labute approximate surface area is 148 Å². The maximum Gasteiger partial charge on any atom is 0.0237 e.